The molecule has 0 amide bonds. The Labute approximate surface area is 97.0 Å². The largest absolute Gasteiger partial charge is 0.466 e. The maximum absolute atomic E-state index is 11.3. The van der Waals surface area contributed by atoms with Crippen molar-refractivity contribution < 1.29 is 14.4 Å². The van der Waals surface area contributed by atoms with Gasteiger partial charge < -0.3 is 9.57 Å². The van der Waals surface area contributed by atoms with Gasteiger partial charge in [0.25, 0.3) is 0 Å². The first-order valence-electron chi connectivity index (χ1n) is 5.93. The van der Waals surface area contributed by atoms with Crippen LogP contribution in [-0.2, 0) is 14.4 Å². The van der Waals surface area contributed by atoms with Crippen molar-refractivity contribution in [1.29, 1.82) is 0 Å². The first-order chi connectivity index (χ1) is 7.53. The minimum Gasteiger partial charge on any atom is -0.466 e. The molecule has 0 atom stereocenters. The molecule has 0 unspecified atom stereocenters. The van der Waals surface area contributed by atoms with Crippen LogP contribution in [0.1, 0.15) is 52.9 Å². The van der Waals surface area contributed by atoms with E-state index in [1.807, 2.05) is 13.8 Å². The molecule has 0 bridgehead atoms. The first kappa shape index (κ1) is 13.0. The predicted molar refractivity (Wildman–Crippen MR) is 62.3 cm³/mol. The predicted octanol–water partition coefficient (Wildman–Crippen LogP) is 2.66. The zero-order valence-electron chi connectivity index (χ0n) is 10.4. The van der Waals surface area contributed by atoms with Crippen molar-refractivity contribution in [2.75, 3.05) is 6.61 Å². The Morgan fingerprint density at radius 2 is 2.31 bits per heavy atom. The van der Waals surface area contributed by atoms with Crippen LogP contribution in [-0.4, -0.2) is 23.9 Å². The molecular weight excluding hydrogens is 206 g/mol. The molecule has 0 aromatic heterocycles. The number of carbonyl (C=O) groups excluding carboxylic acids is 1. The Morgan fingerprint density at radius 3 is 2.88 bits per heavy atom. The summed E-state index contributed by atoms with van der Waals surface area (Å²) >= 11 is 0. The number of rotatable bonds is 6. The van der Waals surface area contributed by atoms with E-state index in [1.54, 1.807) is 0 Å². The second-order valence-corrected chi connectivity index (χ2v) is 4.76. The Balaban J connectivity index is 2.13. The monoisotopic (exact) mass is 227 g/mol. The molecule has 0 saturated heterocycles. The van der Waals surface area contributed by atoms with Crippen LogP contribution in [0.15, 0.2) is 5.16 Å². The Kier molecular flexibility index (Phi) is 4.77. The highest BCUT2D eigenvalue weighted by molar-refractivity contribution is 5.88. The summed E-state index contributed by atoms with van der Waals surface area (Å²) in [5.74, 6) is -0.138. The van der Waals surface area contributed by atoms with Crippen molar-refractivity contribution in [2.24, 2.45) is 5.16 Å². The summed E-state index contributed by atoms with van der Waals surface area (Å²) < 4.78 is 5.06. The van der Waals surface area contributed by atoms with E-state index in [0.717, 1.165) is 25.0 Å². The molecule has 1 aliphatic rings. The SMILES string of the molecule is CCCCOC(=O)CCC1=NOC(C)(C)C1. The number of esters is 1. The zero-order chi connectivity index (χ0) is 12.0. The molecule has 16 heavy (non-hydrogen) atoms. The van der Waals surface area contributed by atoms with E-state index in [-0.39, 0.29) is 11.6 Å². The summed E-state index contributed by atoms with van der Waals surface area (Å²) in [6.45, 7) is 6.58. The molecule has 0 aromatic rings. The number of unbranched alkanes of at least 4 members (excludes halogenated alkanes) is 1. The van der Waals surface area contributed by atoms with Crippen LogP contribution in [0.2, 0.25) is 0 Å². The van der Waals surface area contributed by atoms with Gasteiger partial charge in [0.1, 0.15) is 5.60 Å². The van der Waals surface area contributed by atoms with E-state index in [9.17, 15) is 4.79 Å². The zero-order valence-corrected chi connectivity index (χ0v) is 10.4. The fourth-order valence-corrected chi connectivity index (χ4v) is 1.53. The van der Waals surface area contributed by atoms with Gasteiger partial charge in [0, 0.05) is 6.42 Å². The molecule has 1 heterocycles. The van der Waals surface area contributed by atoms with Crippen molar-refractivity contribution in [3.05, 3.63) is 0 Å². The molecule has 0 aliphatic carbocycles. The molecular formula is C12H21NO3. The molecule has 92 valence electrons. The van der Waals surface area contributed by atoms with Crippen molar-refractivity contribution in [2.45, 2.75) is 58.5 Å². The number of nitrogens with zero attached hydrogens (tertiary/aromatic N) is 1. The number of oxime groups is 1. The quantitative estimate of drug-likeness (QED) is 0.517. The maximum atomic E-state index is 11.3. The third-order valence-corrected chi connectivity index (χ3v) is 2.43. The molecule has 0 radical (unpaired) electrons. The minimum atomic E-state index is -0.207. The van der Waals surface area contributed by atoms with Crippen LogP contribution in [0.3, 0.4) is 0 Å². The number of ether oxygens (including phenoxy) is 1. The van der Waals surface area contributed by atoms with E-state index in [0.29, 0.717) is 19.4 Å². The van der Waals surface area contributed by atoms with E-state index < -0.39 is 0 Å². The van der Waals surface area contributed by atoms with Crippen molar-refractivity contribution in [1.82, 2.24) is 0 Å². The standard InChI is InChI=1S/C12H21NO3/c1-4-5-8-15-11(14)7-6-10-9-12(2,3)16-13-10/h4-9H2,1-3H3. The Bertz CT molecular complexity index is 271. The molecule has 4 heteroatoms. The van der Waals surface area contributed by atoms with Gasteiger partial charge in [0.2, 0.25) is 0 Å². The third-order valence-electron chi connectivity index (χ3n) is 2.43. The lowest BCUT2D eigenvalue weighted by Gasteiger charge is -2.13. The van der Waals surface area contributed by atoms with Gasteiger partial charge in [-0.25, -0.2) is 0 Å². The van der Waals surface area contributed by atoms with Crippen LogP contribution < -0.4 is 0 Å². The fourth-order valence-electron chi connectivity index (χ4n) is 1.53. The average molecular weight is 227 g/mol. The lowest BCUT2D eigenvalue weighted by Crippen LogP contribution is -2.19. The second kappa shape index (κ2) is 5.87. The average Bonchev–Trinajstić information content (AvgIpc) is 2.56. The highest BCUT2D eigenvalue weighted by Crippen LogP contribution is 2.24. The van der Waals surface area contributed by atoms with Gasteiger partial charge in [-0.1, -0.05) is 18.5 Å². The summed E-state index contributed by atoms with van der Waals surface area (Å²) in [6, 6.07) is 0. The number of hydrogen-bond donors (Lipinski definition) is 0. The van der Waals surface area contributed by atoms with Gasteiger partial charge in [0.05, 0.1) is 18.7 Å². The highest BCUT2D eigenvalue weighted by Gasteiger charge is 2.28. The molecule has 1 rings (SSSR count). The van der Waals surface area contributed by atoms with Crippen LogP contribution in [0.25, 0.3) is 0 Å². The molecule has 1 aliphatic heterocycles. The van der Waals surface area contributed by atoms with E-state index in [2.05, 4.69) is 12.1 Å². The summed E-state index contributed by atoms with van der Waals surface area (Å²) in [5.41, 5.74) is 0.749. The smallest absolute Gasteiger partial charge is 0.306 e. The number of hydrogen-bond acceptors (Lipinski definition) is 4. The topological polar surface area (TPSA) is 47.9 Å². The second-order valence-electron chi connectivity index (χ2n) is 4.76. The molecule has 0 aromatic carbocycles. The Morgan fingerprint density at radius 1 is 1.56 bits per heavy atom. The van der Waals surface area contributed by atoms with Crippen LogP contribution >= 0.6 is 0 Å². The molecule has 0 saturated carbocycles. The lowest BCUT2D eigenvalue weighted by molar-refractivity contribution is -0.143. The van der Waals surface area contributed by atoms with Crippen LogP contribution in [0.5, 0.6) is 0 Å². The summed E-state index contributed by atoms with van der Waals surface area (Å²) in [4.78, 5) is 16.5. The van der Waals surface area contributed by atoms with Gasteiger partial charge in [-0.3, -0.25) is 4.79 Å². The molecule has 0 spiro atoms. The van der Waals surface area contributed by atoms with Gasteiger partial charge in [-0.05, 0) is 26.7 Å². The van der Waals surface area contributed by atoms with Crippen LogP contribution in [0, 0.1) is 0 Å². The molecule has 0 fully saturated rings. The van der Waals surface area contributed by atoms with E-state index >= 15 is 0 Å². The normalized spacial score (nSPS) is 17.8. The van der Waals surface area contributed by atoms with Crippen molar-refractivity contribution in [3.63, 3.8) is 0 Å². The van der Waals surface area contributed by atoms with Gasteiger partial charge in [-0.2, -0.15) is 0 Å². The highest BCUT2D eigenvalue weighted by atomic mass is 16.7. The van der Waals surface area contributed by atoms with Crippen molar-refractivity contribution >= 4 is 11.7 Å². The first-order valence-corrected chi connectivity index (χ1v) is 5.93. The van der Waals surface area contributed by atoms with Gasteiger partial charge >= 0.3 is 5.97 Å². The van der Waals surface area contributed by atoms with Crippen molar-refractivity contribution in [3.8, 4) is 0 Å². The fraction of sp³-hybridized carbons (Fsp3) is 0.833. The minimum absolute atomic E-state index is 0.138. The number of carbonyl (C=O) groups is 1. The van der Waals surface area contributed by atoms with Gasteiger partial charge in [-0.15, -0.1) is 0 Å². The van der Waals surface area contributed by atoms with E-state index in [1.165, 1.54) is 0 Å². The van der Waals surface area contributed by atoms with Gasteiger partial charge in [0.15, 0.2) is 0 Å². The maximum Gasteiger partial charge on any atom is 0.306 e. The van der Waals surface area contributed by atoms with Crippen LogP contribution in [0.4, 0.5) is 0 Å². The molecule has 0 N–H and O–H groups in total. The summed E-state index contributed by atoms with van der Waals surface area (Å²) in [7, 11) is 0. The third kappa shape index (κ3) is 4.64. The summed E-state index contributed by atoms with van der Waals surface area (Å²) in [6.07, 6.45) is 3.83. The summed E-state index contributed by atoms with van der Waals surface area (Å²) in [5, 5.41) is 3.97. The lowest BCUT2D eigenvalue weighted by atomic mass is 10.00. The van der Waals surface area contributed by atoms with E-state index in [4.69, 9.17) is 9.57 Å². The molecule has 4 nitrogen and oxygen atoms in total. The Hall–Kier alpha value is -1.06.